The van der Waals surface area contributed by atoms with E-state index in [0.717, 1.165) is 118 Å². The van der Waals surface area contributed by atoms with Crippen LogP contribution in [0.1, 0.15) is 283 Å². The van der Waals surface area contributed by atoms with Gasteiger partial charge in [-0.05, 0) is 272 Å². The molecule has 68 heavy (non-hydrogen) atoms. The molecule has 12 aliphatic carbocycles. The van der Waals surface area contributed by atoms with Gasteiger partial charge in [0, 0.05) is 0 Å². The average molecular weight is 928 g/mol. The molecular formula is C68H110. The zero-order valence-corrected chi connectivity index (χ0v) is 44.8. The molecule has 12 rings (SSSR count). The topological polar surface area (TPSA) is 0 Å². The molecule has 12 fully saturated rings. The minimum absolute atomic E-state index is 0.916. The SMILES string of the molecule is C(=C(C1CCCCC1)C1CCCCC1)C1CCC(C2C3CCCCC3C(C3C4CCCCC4C(C4CCC(C=C(C5CCCCC5)C5CCCCC5)CC4)C4CCCCC43)C3CCCCC32)CC1. The first-order valence-electron chi connectivity index (χ1n) is 33.2. The van der Waals surface area contributed by atoms with Gasteiger partial charge in [0.25, 0.3) is 0 Å². The van der Waals surface area contributed by atoms with Crippen LogP contribution in [0.4, 0.5) is 0 Å². The second kappa shape index (κ2) is 22.9. The number of fused-ring (bicyclic) bond motifs is 4. The van der Waals surface area contributed by atoms with Crippen LogP contribution in [0.15, 0.2) is 23.3 Å². The van der Waals surface area contributed by atoms with Crippen molar-refractivity contribution in [2.24, 2.45) is 118 Å². The Morgan fingerprint density at radius 3 is 0.632 bits per heavy atom. The molecule has 12 aliphatic rings. The summed E-state index contributed by atoms with van der Waals surface area (Å²) >= 11 is 0. The lowest BCUT2D eigenvalue weighted by atomic mass is 9.39. The van der Waals surface area contributed by atoms with Crippen molar-refractivity contribution in [3.05, 3.63) is 23.3 Å². The minimum atomic E-state index is 0.916. The highest BCUT2D eigenvalue weighted by Gasteiger charge is 2.61. The van der Waals surface area contributed by atoms with Crippen molar-refractivity contribution < 1.29 is 0 Å². The van der Waals surface area contributed by atoms with Crippen LogP contribution in [-0.4, -0.2) is 0 Å². The second-order valence-corrected chi connectivity index (χ2v) is 28.8. The Balaban J connectivity index is 0.775. The summed E-state index contributed by atoms with van der Waals surface area (Å²) in [6.07, 6.45) is 74.9. The first kappa shape index (κ1) is 48.4. The summed E-state index contributed by atoms with van der Waals surface area (Å²) < 4.78 is 0. The Morgan fingerprint density at radius 2 is 0.397 bits per heavy atom. The van der Waals surface area contributed by atoms with Crippen molar-refractivity contribution in [2.45, 2.75) is 283 Å². The molecule has 0 heteroatoms. The third-order valence-electron chi connectivity index (χ3n) is 25.8. The molecule has 0 aromatic carbocycles. The quantitative estimate of drug-likeness (QED) is 0.202. The fourth-order valence-electron chi connectivity index (χ4n) is 23.3. The molecule has 12 saturated carbocycles. The van der Waals surface area contributed by atoms with E-state index < -0.39 is 0 Å². The van der Waals surface area contributed by atoms with Gasteiger partial charge in [0.05, 0.1) is 0 Å². The highest BCUT2D eigenvalue weighted by Crippen LogP contribution is 2.68. The molecule has 0 amide bonds. The zero-order valence-electron chi connectivity index (χ0n) is 44.8. The normalized spacial score (nSPS) is 44.9. The molecule has 0 radical (unpaired) electrons. The fourth-order valence-corrected chi connectivity index (χ4v) is 23.3. The fraction of sp³-hybridized carbons (Fsp3) is 0.941. The van der Waals surface area contributed by atoms with Gasteiger partial charge in [-0.2, -0.15) is 0 Å². The van der Waals surface area contributed by atoms with Gasteiger partial charge in [-0.3, -0.25) is 0 Å². The lowest BCUT2D eigenvalue weighted by molar-refractivity contribution is -0.173. The molecule has 0 spiro atoms. The molecule has 0 bridgehead atoms. The van der Waals surface area contributed by atoms with Crippen molar-refractivity contribution in [1.29, 1.82) is 0 Å². The van der Waals surface area contributed by atoms with Crippen molar-refractivity contribution >= 4 is 0 Å². The lowest BCUT2D eigenvalue weighted by Gasteiger charge is -2.66. The van der Waals surface area contributed by atoms with Gasteiger partial charge in [-0.15, -0.1) is 0 Å². The summed E-state index contributed by atoms with van der Waals surface area (Å²) in [7, 11) is 0. The predicted molar refractivity (Wildman–Crippen MR) is 289 cm³/mol. The Bertz CT molecular complexity index is 1400. The highest BCUT2D eigenvalue weighted by molar-refractivity contribution is 5.17. The zero-order chi connectivity index (χ0) is 45.2. The van der Waals surface area contributed by atoms with Gasteiger partial charge in [-0.1, -0.05) is 152 Å². The molecule has 0 aromatic heterocycles. The van der Waals surface area contributed by atoms with Crippen LogP contribution in [0.25, 0.3) is 0 Å². The Kier molecular flexibility index (Phi) is 16.3. The van der Waals surface area contributed by atoms with E-state index in [-0.39, 0.29) is 0 Å². The largest absolute Gasteiger partial charge is 0.0817 e. The Hall–Kier alpha value is -0.520. The number of allylic oxidation sites excluding steroid dienone is 4. The van der Waals surface area contributed by atoms with Crippen LogP contribution in [0.3, 0.4) is 0 Å². The van der Waals surface area contributed by atoms with E-state index in [1.165, 1.54) is 128 Å². The summed E-state index contributed by atoms with van der Waals surface area (Å²) in [6.45, 7) is 0. The van der Waals surface area contributed by atoms with Crippen LogP contribution in [-0.2, 0) is 0 Å². The van der Waals surface area contributed by atoms with Gasteiger partial charge < -0.3 is 0 Å². The second-order valence-electron chi connectivity index (χ2n) is 28.8. The summed E-state index contributed by atoms with van der Waals surface area (Å²) in [4.78, 5) is 0. The Morgan fingerprint density at radius 1 is 0.191 bits per heavy atom. The van der Waals surface area contributed by atoms with E-state index in [9.17, 15) is 0 Å². The monoisotopic (exact) mass is 927 g/mol. The van der Waals surface area contributed by atoms with Gasteiger partial charge >= 0.3 is 0 Å². The van der Waals surface area contributed by atoms with E-state index in [1.54, 1.807) is 154 Å². The van der Waals surface area contributed by atoms with Crippen molar-refractivity contribution in [3.8, 4) is 0 Å². The minimum Gasteiger partial charge on any atom is -0.0817 e. The molecular weight excluding hydrogens is 817 g/mol. The first-order valence-corrected chi connectivity index (χ1v) is 33.2. The van der Waals surface area contributed by atoms with Gasteiger partial charge in [-0.25, -0.2) is 0 Å². The summed E-state index contributed by atoms with van der Waals surface area (Å²) in [5, 5.41) is 0. The molecule has 8 atom stereocenters. The van der Waals surface area contributed by atoms with Crippen LogP contribution in [0.5, 0.6) is 0 Å². The summed E-state index contributed by atoms with van der Waals surface area (Å²) in [5.41, 5.74) is 4.06. The third kappa shape index (κ3) is 10.2. The Labute approximate surface area is 422 Å². The molecule has 0 saturated heterocycles. The number of rotatable bonds is 9. The molecule has 0 nitrogen and oxygen atoms in total. The van der Waals surface area contributed by atoms with Crippen LogP contribution in [0, 0.1) is 118 Å². The number of hydrogen-bond acceptors (Lipinski definition) is 0. The van der Waals surface area contributed by atoms with Crippen LogP contribution >= 0.6 is 0 Å². The molecule has 0 N–H and O–H groups in total. The van der Waals surface area contributed by atoms with E-state index in [2.05, 4.69) is 12.2 Å². The molecule has 382 valence electrons. The third-order valence-corrected chi connectivity index (χ3v) is 25.8. The smallest absolute Gasteiger partial charge is 0.0200 e. The standard InChI is InChI=1S/C68H110/c1-5-21-49(22-6-1)63(50-23-7-2-8-24-50)45-47-37-41-53(42-38-47)65-55-29-13-17-33-59(55)67(60-34-18-14-30-56(60)65)68-61-35-19-15-31-57(61)66(58-32-16-20-36-62(58)68)54-43-39-48(40-44-54)46-64(51-25-9-3-10-26-51)52-27-11-4-12-28-52/h45-62,65-68H,1-44H2. The first-order chi connectivity index (χ1) is 33.8. The molecule has 8 unspecified atom stereocenters. The van der Waals surface area contributed by atoms with Gasteiger partial charge in [0.1, 0.15) is 0 Å². The maximum Gasteiger partial charge on any atom is -0.0200 e. The van der Waals surface area contributed by atoms with Gasteiger partial charge in [0.15, 0.2) is 0 Å². The van der Waals surface area contributed by atoms with Crippen LogP contribution in [0.2, 0.25) is 0 Å². The van der Waals surface area contributed by atoms with Crippen molar-refractivity contribution in [2.75, 3.05) is 0 Å². The molecule has 0 aromatic rings. The van der Waals surface area contributed by atoms with E-state index in [0.29, 0.717) is 0 Å². The lowest BCUT2D eigenvalue weighted by Crippen LogP contribution is -2.59. The van der Waals surface area contributed by atoms with E-state index in [1.807, 2.05) is 11.1 Å². The summed E-state index contributed by atoms with van der Waals surface area (Å²) in [6, 6.07) is 0. The number of hydrogen-bond donors (Lipinski definition) is 0. The van der Waals surface area contributed by atoms with Crippen molar-refractivity contribution in [3.63, 3.8) is 0 Å². The van der Waals surface area contributed by atoms with E-state index >= 15 is 0 Å². The predicted octanol–water partition coefficient (Wildman–Crippen LogP) is 20.5. The van der Waals surface area contributed by atoms with E-state index in [4.69, 9.17) is 0 Å². The molecule has 0 heterocycles. The maximum absolute atomic E-state index is 3.04. The van der Waals surface area contributed by atoms with Crippen LogP contribution < -0.4 is 0 Å². The average Bonchev–Trinajstić information content (AvgIpc) is 3.42. The summed E-state index contributed by atoms with van der Waals surface area (Å²) in [5.74, 6) is 21.0. The highest BCUT2D eigenvalue weighted by atomic mass is 14.7. The molecule has 0 aliphatic heterocycles. The van der Waals surface area contributed by atoms with Crippen molar-refractivity contribution in [1.82, 2.24) is 0 Å². The van der Waals surface area contributed by atoms with Gasteiger partial charge in [0.2, 0.25) is 0 Å². The maximum atomic E-state index is 3.04.